The first-order valence-electron chi connectivity index (χ1n) is 5.54. The van der Waals surface area contributed by atoms with Crippen molar-refractivity contribution in [1.29, 1.82) is 0 Å². The van der Waals surface area contributed by atoms with Crippen LogP contribution in [0.4, 0.5) is 0 Å². The Kier molecular flexibility index (Phi) is 4.07. The van der Waals surface area contributed by atoms with Gasteiger partial charge in [-0.25, -0.2) is 4.98 Å². The Morgan fingerprint density at radius 1 is 1.53 bits per heavy atom. The molecule has 0 aliphatic rings. The van der Waals surface area contributed by atoms with E-state index in [1.807, 2.05) is 13.8 Å². The molecule has 1 rings (SSSR count). The molecule has 0 aromatic carbocycles. The number of hydrogen-bond donors (Lipinski definition) is 2. The van der Waals surface area contributed by atoms with Crippen molar-refractivity contribution in [2.24, 2.45) is 11.5 Å². The Labute approximate surface area is 101 Å². The molecule has 1 unspecified atom stereocenters. The number of pyridine rings is 1. The molecular weight excluding hydrogens is 218 g/mol. The minimum absolute atomic E-state index is 0.345. The van der Waals surface area contributed by atoms with Gasteiger partial charge < -0.3 is 16.2 Å². The lowest BCUT2D eigenvalue weighted by Crippen LogP contribution is -2.41. The Morgan fingerprint density at radius 3 is 2.71 bits per heavy atom. The van der Waals surface area contributed by atoms with Crippen LogP contribution in [-0.4, -0.2) is 23.0 Å². The van der Waals surface area contributed by atoms with Gasteiger partial charge in [0.05, 0.1) is 0 Å². The fourth-order valence-corrected chi connectivity index (χ4v) is 1.20. The minimum Gasteiger partial charge on any atom is -0.476 e. The van der Waals surface area contributed by atoms with Crippen LogP contribution in [0.25, 0.3) is 0 Å². The van der Waals surface area contributed by atoms with Crippen LogP contribution in [0.3, 0.4) is 0 Å². The van der Waals surface area contributed by atoms with Crippen molar-refractivity contribution in [2.45, 2.75) is 32.7 Å². The maximum atomic E-state index is 11.1. The summed E-state index contributed by atoms with van der Waals surface area (Å²) in [5.41, 5.74) is 11.8. The third kappa shape index (κ3) is 4.03. The highest BCUT2D eigenvalue weighted by Gasteiger charge is 2.17. The first kappa shape index (κ1) is 13.4. The minimum atomic E-state index is -0.494. The first-order valence-corrected chi connectivity index (χ1v) is 5.54. The summed E-state index contributed by atoms with van der Waals surface area (Å²) < 4.78 is 5.49. The molecule has 4 N–H and O–H groups in total. The molecule has 5 heteroatoms. The monoisotopic (exact) mass is 237 g/mol. The Bertz CT molecular complexity index is 416. The average molecular weight is 237 g/mol. The smallest absolute Gasteiger partial charge is 0.248 e. The number of rotatable bonds is 5. The van der Waals surface area contributed by atoms with Crippen LogP contribution in [0, 0.1) is 6.92 Å². The van der Waals surface area contributed by atoms with E-state index in [2.05, 4.69) is 4.98 Å². The lowest BCUT2D eigenvalue weighted by Gasteiger charge is -2.22. The van der Waals surface area contributed by atoms with E-state index >= 15 is 0 Å². The number of nitrogens with zero attached hydrogens (tertiary/aromatic N) is 1. The van der Waals surface area contributed by atoms with E-state index in [9.17, 15) is 4.79 Å². The van der Waals surface area contributed by atoms with Crippen molar-refractivity contribution < 1.29 is 9.53 Å². The van der Waals surface area contributed by atoms with Gasteiger partial charge in [0.2, 0.25) is 11.8 Å². The van der Waals surface area contributed by atoms with Gasteiger partial charge in [-0.15, -0.1) is 0 Å². The van der Waals surface area contributed by atoms with Crippen LogP contribution in [0.15, 0.2) is 12.1 Å². The van der Waals surface area contributed by atoms with Crippen LogP contribution < -0.4 is 16.2 Å². The number of amides is 1. The summed E-state index contributed by atoms with van der Waals surface area (Å²) in [6, 6.07) is 3.15. The third-order valence-corrected chi connectivity index (χ3v) is 2.57. The molecule has 0 saturated carbocycles. The van der Waals surface area contributed by atoms with Gasteiger partial charge in [-0.1, -0.05) is 6.92 Å². The maximum absolute atomic E-state index is 11.1. The molecule has 1 aromatic rings. The number of carbonyl (C=O) groups is 1. The van der Waals surface area contributed by atoms with Crippen LogP contribution in [0.2, 0.25) is 0 Å². The van der Waals surface area contributed by atoms with Gasteiger partial charge in [-0.2, -0.15) is 0 Å². The molecule has 5 nitrogen and oxygen atoms in total. The molecule has 94 valence electrons. The van der Waals surface area contributed by atoms with Gasteiger partial charge in [-0.3, -0.25) is 4.79 Å². The fraction of sp³-hybridized carbons (Fsp3) is 0.500. The van der Waals surface area contributed by atoms with E-state index < -0.39 is 11.4 Å². The SMILES string of the molecule is CCC(C)(N)COc1cc(C(N)=O)cc(C)n1. The highest BCUT2D eigenvalue weighted by molar-refractivity contribution is 5.93. The molecule has 1 heterocycles. The van der Waals surface area contributed by atoms with Gasteiger partial charge in [-0.05, 0) is 26.3 Å². The number of nitrogens with two attached hydrogens (primary N) is 2. The van der Waals surface area contributed by atoms with E-state index in [-0.39, 0.29) is 0 Å². The van der Waals surface area contributed by atoms with Gasteiger partial charge in [0, 0.05) is 22.9 Å². The van der Waals surface area contributed by atoms with Gasteiger partial charge in [0.1, 0.15) is 6.61 Å². The summed E-state index contributed by atoms with van der Waals surface area (Å²) in [6.07, 6.45) is 0.793. The summed E-state index contributed by atoms with van der Waals surface area (Å²) in [6.45, 7) is 6.01. The molecule has 1 amide bonds. The maximum Gasteiger partial charge on any atom is 0.248 e. The van der Waals surface area contributed by atoms with E-state index in [0.717, 1.165) is 6.42 Å². The van der Waals surface area contributed by atoms with Crippen LogP contribution >= 0.6 is 0 Å². The molecule has 0 saturated heterocycles. The molecule has 0 aliphatic heterocycles. The molecule has 0 bridgehead atoms. The predicted molar refractivity (Wildman–Crippen MR) is 65.9 cm³/mol. The first-order chi connectivity index (χ1) is 7.84. The number of hydrogen-bond acceptors (Lipinski definition) is 4. The number of aryl methyl sites for hydroxylation is 1. The number of ether oxygens (including phenoxy) is 1. The topological polar surface area (TPSA) is 91.2 Å². The quantitative estimate of drug-likeness (QED) is 0.799. The highest BCUT2D eigenvalue weighted by atomic mass is 16.5. The third-order valence-electron chi connectivity index (χ3n) is 2.57. The van der Waals surface area contributed by atoms with E-state index in [0.29, 0.717) is 23.7 Å². The zero-order valence-electron chi connectivity index (χ0n) is 10.5. The number of primary amides is 1. The van der Waals surface area contributed by atoms with Gasteiger partial charge in [0.25, 0.3) is 0 Å². The molecule has 1 aromatic heterocycles. The molecule has 1 atom stereocenters. The summed E-state index contributed by atoms with van der Waals surface area (Å²) in [5.74, 6) is -0.115. The van der Waals surface area contributed by atoms with Crippen molar-refractivity contribution in [3.63, 3.8) is 0 Å². The van der Waals surface area contributed by atoms with E-state index in [1.54, 1.807) is 13.0 Å². The van der Waals surface area contributed by atoms with Crippen LogP contribution in [-0.2, 0) is 0 Å². The zero-order valence-corrected chi connectivity index (χ0v) is 10.5. The van der Waals surface area contributed by atoms with Crippen molar-refractivity contribution in [1.82, 2.24) is 4.98 Å². The van der Waals surface area contributed by atoms with E-state index in [4.69, 9.17) is 16.2 Å². The average Bonchev–Trinajstić information content (AvgIpc) is 2.26. The Morgan fingerprint density at radius 2 is 2.18 bits per heavy atom. The molecule has 0 spiro atoms. The van der Waals surface area contributed by atoms with Crippen molar-refractivity contribution in [3.05, 3.63) is 23.4 Å². The Hall–Kier alpha value is -1.62. The Balaban J connectivity index is 2.81. The second-order valence-electron chi connectivity index (χ2n) is 4.50. The fourth-order valence-electron chi connectivity index (χ4n) is 1.20. The summed E-state index contributed by atoms with van der Waals surface area (Å²) in [4.78, 5) is 15.2. The molecule has 0 aliphatic carbocycles. The van der Waals surface area contributed by atoms with Crippen LogP contribution in [0.5, 0.6) is 5.88 Å². The standard InChI is InChI=1S/C12H19N3O2/c1-4-12(3,14)7-17-10-6-9(11(13)16)5-8(2)15-10/h5-6H,4,7,14H2,1-3H3,(H2,13,16). The molecule has 0 radical (unpaired) electrons. The van der Waals surface area contributed by atoms with Crippen molar-refractivity contribution >= 4 is 5.91 Å². The van der Waals surface area contributed by atoms with Gasteiger partial charge >= 0.3 is 0 Å². The molecule has 17 heavy (non-hydrogen) atoms. The summed E-state index contributed by atoms with van der Waals surface area (Å²) >= 11 is 0. The second-order valence-corrected chi connectivity index (χ2v) is 4.50. The number of carbonyl (C=O) groups excluding carboxylic acids is 1. The normalized spacial score (nSPS) is 14.1. The van der Waals surface area contributed by atoms with Crippen molar-refractivity contribution in [2.75, 3.05) is 6.61 Å². The van der Waals surface area contributed by atoms with E-state index in [1.165, 1.54) is 6.07 Å². The second kappa shape index (κ2) is 5.14. The van der Waals surface area contributed by atoms with Gasteiger partial charge in [0.15, 0.2) is 0 Å². The zero-order chi connectivity index (χ0) is 13.1. The summed E-state index contributed by atoms with van der Waals surface area (Å²) in [5, 5.41) is 0. The molecular formula is C12H19N3O2. The summed E-state index contributed by atoms with van der Waals surface area (Å²) in [7, 11) is 0. The predicted octanol–water partition coefficient (Wildman–Crippen LogP) is 0.995. The van der Waals surface area contributed by atoms with Crippen molar-refractivity contribution in [3.8, 4) is 5.88 Å². The van der Waals surface area contributed by atoms with Crippen LogP contribution in [0.1, 0.15) is 36.3 Å². The number of aromatic nitrogens is 1. The highest BCUT2D eigenvalue weighted by Crippen LogP contribution is 2.14. The lowest BCUT2D eigenvalue weighted by molar-refractivity contribution is 0.0999. The lowest BCUT2D eigenvalue weighted by atomic mass is 10.0. The largest absolute Gasteiger partial charge is 0.476 e. The molecule has 0 fully saturated rings.